The Morgan fingerprint density at radius 1 is 1.26 bits per heavy atom. The molecule has 1 heterocycles. The average molecular weight is 313 g/mol. The topological polar surface area (TPSA) is 48.0 Å². The Balaban J connectivity index is 2.45. The van der Waals surface area contributed by atoms with Gasteiger partial charge in [-0.05, 0) is 23.8 Å². The first-order valence-corrected chi connectivity index (χ1v) is 6.59. The summed E-state index contributed by atoms with van der Waals surface area (Å²) in [6.45, 7) is 0.314. The molecule has 0 atom stereocenters. The van der Waals surface area contributed by atoms with Gasteiger partial charge < -0.3 is 10.3 Å². The normalized spacial score (nSPS) is 10.4. The first-order chi connectivity index (χ1) is 9.00. The second-order valence-electron chi connectivity index (χ2n) is 3.93. The van der Waals surface area contributed by atoms with Gasteiger partial charge in [-0.2, -0.15) is 0 Å². The summed E-state index contributed by atoms with van der Waals surface area (Å²) in [5, 5.41) is 0.898. The summed E-state index contributed by atoms with van der Waals surface area (Å²) in [4.78, 5) is 12.2. The summed E-state index contributed by atoms with van der Waals surface area (Å²) in [5.41, 5.74) is 6.33. The van der Waals surface area contributed by atoms with Crippen molar-refractivity contribution in [1.29, 1.82) is 0 Å². The van der Waals surface area contributed by atoms with Crippen LogP contribution in [0.25, 0.3) is 0 Å². The molecule has 0 aliphatic heterocycles. The number of hydrogen-bond donors (Lipinski definition) is 1. The fourth-order valence-corrected chi connectivity index (χ4v) is 2.24. The maximum absolute atomic E-state index is 12.1. The van der Waals surface area contributed by atoms with E-state index in [0.717, 1.165) is 5.56 Å². The number of nitrogens with zero attached hydrogens (tertiary/aromatic N) is 1. The third kappa shape index (κ3) is 2.97. The van der Waals surface area contributed by atoms with Crippen molar-refractivity contribution in [3.05, 3.63) is 68.1 Å². The van der Waals surface area contributed by atoms with Crippen molar-refractivity contribution < 1.29 is 0 Å². The lowest BCUT2D eigenvalue weighted by atomic mass is 10.2. The number of thiocarbonyl (C=S) groups is 1. The summed E-state index contributed by atoms with van der Waals surface area (Å²) in [6.07, 6.45) is 1.65. The highest BCUT2D eigenvalue weighted by molar-refractivity contribution is 7.80. The molecule has 2 rings (SSSR count). The molecule has 0 spiro atoms. The third-order valence-electron chi connectivity index (χ3n) is 2.66. The van der Waals surface area contributed by atoms with Gasteiger partial charge in [0.15, 0.2) is 0 Å². The van der Waals surface area contributed by atoms with Gasteiger partial charge in [0, 0.05) is 6.20 Å². The fraction of sp³-hybridized carbons (Fsp3) is 0.0769. The van der Waals surface area contributed by atoms with Crippen LogP contribution in [0.15, 0.2) is 41.3 Å². The van der Waals surface area contributed by atoms with Crippen LogP contribution in [0, 0.1) is 0 Å². The molecule has 0 fully saturated rings. The van der Waals surface area contributed by atoms with Crippen molar-refractivity contribution in [2.24, 2.45) is 5.73 Å². The highest BCUT2D eigenvalue weighted by Crippen LogP contribution is 2.25. The zero-order valence-corrected chi connectivity index (χ0v) is 12.1. The number of nitrogens with two attached hydrogens (primary N) is 1. The molecule has 98 valence electrons. The number of rotatable bonds is 3. The highest BCUT2D eigenvalue weighted by Gasteiger charge is 2.09. The lowest BCUT2D eigenvalue weighted by Crippen LogP contribution is -2.28. The molecule has 0 saturated heterocycles. The van der Waals surface area contributed by atoms with E-state index in [1.54, 1.807) is 30.5 Å². The van der Waals surface area contributed by atoms with E-state index in [2.05, 4.69) is 0 Å². The molecule has 0 unspecified atom stereocenters. The molecular formula is C13H10Cl2N2OS. The van der Waals surface area contributed by atoms with E-state index in [4.69, 9.17) is 41.2 Å². The monoisotopic (exact) mass is 312 g/mol. The lowest BCUT2D eigenvalue weighted by Gasteiger charge is -2.09. The second-order valence-corrected chi connectivity index (χ2v) is 5.16. The zero-order valence-electron chi connectivity index (χ0n) is 9.77. The maximum atomic E-state index is 12.1. The van der Waals surface area contributed by atoms with Gasteiger partial charge in [-0.1, -0.05) is 47.6 Å². The highest BCUT2D eigenvalue weighted by atomic mass is 35.5. The van der Waals surface area contributed by atoms with E-state index in [1.807, 2.05) is 6.07 Å². The van der Waals surface area contributed by atoms with Crippen LogP contribution in [-0.4, -0.2) is 9.56 Å². The van der Waals surface area contributed by atoms with Crippen molar-refractivity contribution in [2.45, 2.75) is 6.54 Å². The largest absolute Gasteiger partial charge is 0.389 e. The van der Waals surface area contributed by atoms with E-state index in [1.165, 1.54) is 4.57 Å². The van der Waals surface area contributed by atoms with Gasteiger partial charge in [0.05, 0.1) is 22.2 Å². The van der Waals surface area contributed by atoms with Gasteiger partial charge in [0.25, 0.3) is 5.56 Å². The van der Waals surface area contributed by atoms with Crippen LogP contribution in [0.5, 0.6) is 0 Å². The summed E-state index contributed by atoms with van der Waals surface area (Å²) in [5.74, 6) is 0. The van der Waals surface area contributed by atoms with Gasteiger partial charge in [0.1, 0.15) is 4.99 Å². The number of halogens is 2. The van der Waals surface area contributed by atoms with Gasteiger partial charge in [-0.15, -0.1) is 0 Å². The second kappa shape index (κ2) is 5.74. The van der Waals surface area contributed by atoms with Crippen LogP contribution in [0.2, 0.25) is 10.0 Å². The van der Waals surface area contributed by atoms with Crippen LogP contribution in [0.1, 0.15) is 11.1 Å². The van der Waals surface area contributed by atoms with Gasteiger partial charge in [0.2, 0.25) is 0 Å². The third-order valence-corrected chi connectivity index (χ3v) is 3.74. The van der Waals surface area contributed by atoms with E-state index < -0.39 is 0 Å². The fourth-order valence-electron chi connectivity index (χ4n) is 1.70. The van der Waals surface area contributed by atoms with Crippen molar-refractivity contribution >= 4 is 40.4 Å². The van der Waals surface area contributed by atoms with Crippen LogP contribution in [-0.2, 0) is 6.54 Å². The van der Waals surface area contributed by atoms with E-state index in [0.29, 0.717) is 22.2 Å². The maximum Gasteiger partial charge on any atom is 0.261 e. The number of pyridine rings is 1. The summed E-state index contributed by atoms with van der Waals surface area (Å²) >= 11 is 16.9. The minimum atomic E-state index is -0.244. The van der Waals surface area contributed by atoms with E-state index in [-0.39, 0.29) is 10.5 Å². The number of aromatic nitrogens is 1. The molecule has 2 aromatic rings. The molecular weight excluding hydrogens is 303 g/mol. The van der Waals surface area contributed by atoms with Crippen molar-refractivity contribution in [1.82, 2.24) is 4.57 Å². The Morgan fingerprint density at radius 3 is 2.68 bits per heavy atom. The summed E-state index contributed by atoms with van der Waals surface area (Å²) < 4.78 is 1.49. The Morgan fingerprint density at radius 2 is 2.00 bits per heavy atom. The minimum absolute atomic E-state index is 0.0801. The van der Waals surface area contributed by atoms with Gasteiger partial charge in [-0.3, -0.25) is 4.79 Å². The molecule has 3 nitrogen and oxygen atoms in total. The zero-order chi connectivity index (χ0) is 14.0. The average Bonchev–Trinajstić information content (AvgIpc) is 2.37. The Kier molecular flexibility index (Phi) is 4.24. The van der Waals surface area contributed by atoms with Crippen LogP contribution in [0.3, 0.4) is 0 Å². The Bertz CT molecular complexity index is 697. The number of benzene rings is 1. The van der Waals surface area contributed by atoms with Crippen LogP contribution in [0.4, 0.5) is 0 Å². The lowest BCUT2D eigenvalue weighted by molar-refractivity contribution is 0.758. The molecule has 2 N–H and O–H groups in total. The molecule has 0 amide bonds. The SMILES string of the molecule is NC(=S)c1cccn(Cc2cccc(Cl)c2Cl)c1=O. The first kappa shape index (κ1) is 14.1. The minimum Gasteiger partial charge on any atom is -0.389 e. The van der Waals surface area contributed by atoms with Crippen LogP contribution >= 0.6 is 35.4 Å². The van der Waals surface area contributed by atoms with Gasteiger partial charge in [-0.25, -0.2) is 0 Å². The van der Waals surface area contributed by atoms with Crippen molar-refractivity contribution in [3.8, 4) is 0 Å². The quantitative estimate of drug-likeness (QED) is 0.887. The first-order valence-electron chi connectivity index (χ1n) is 5.43. The molecule has 0 saturated carbocycles. The standard InChI is InChI=1S/C13H10Cl2N2OS/c14-10-5-1-3-8(11(10)15)7-17-6-2-4-9(12(16)19)13(17)18/h1-6H,7H2,(H2,16,19). The Labute approximate surface area is 125 Å². The van der Waals surface area contributed by atoms with Crippen molar-refractivity contribution in [2.75, 3.05) is 0 Å². The number of hydrogen-bond acceptors (Lipinski definition) is 2. The predicted molar refractivity (Wildman–Crippen MR) is 82.2 cm³/mol. The van der Waals surface area contributed by atoms with E-state index in [9.17, 15) is 4.79 Å². The predicted octanol–water partition coefficient (Wildman–Crippen LogP) is 2.84. The molecule has 1 aromatic heterocycles. The molecule has 0 aliphatic rings. The van der Waals surface area contributed by atoms with Crippen LogP contribution < -0.4 is 11.3 Å². The molecule has 6 heteroatoms. The Hall–Kier alpha value is -1.36. The van der Waals surface area contributed by atoms with Crippen molar-refractivity contribution in [3.63, 3.8) is 0 Å². The molecule has 19 heavy (non-hydrogen) atoms. The molecule has 0 radical (unpaired) electrons. The smallest absolute Gasteiger partial charge is 0.261 e. The van der Waals surface area contributed by atoms with Gasteiger partial charge >= 0.3 is 0 Å². The summed E-state index contributed by atoms with van der Waals surface area (Å²) in [7, 11) is 0. The summed E-state index contributed by atoms with van der Waals surface area (Å²) in [6, 6.07) is 8.61. The molecule has 0 bridgehead atoms. The van der Waals surface area contributed by atoms with E-state index >= 15 is 0 Å². The molecule has 0 aliphatic carbocycles. The molecule has 1 aromatic carbocycles.